The summed E-state index contributed by atoms with van der Waals surface area (Å²) in [4.78, 5) is 0. The molecule has 0 saturated heterocycles. The van der Waals surface area contributed by atoms with Gasteiger partial charge in [0.15, 0.2) is 0 Å². The fourth-order valence-electron chi connectivity index (χ4n) is 0.323. The minimum atomic E-state index is -0.171. The van der Waals surface area contributed by atoms with Crippen LogP contribution in [0, 0.1) is 0 Å². The zero-order chi connectivity index (χ0) is 3.54. The Bertz CT molecular complexity index is 72.9. The molecule has 0 radical (unpaired) electrons. The third-order valence-electron chi connectivity index (χ3n) is 0.568. The van der Waals surface area contributed by atoms with Gasteiger partial charge in [0.1, 0.15) is 0 Å². The van der Waals surface area contributed by atoms with Crippen LogP contribution in [0.25, 0.3) is 0 Å². The average molecular weight is 178 g/mol. The summed E-state index contributed by atoms with van der Waals surface area (Å²) in [7, 11) is 0. The van der Waals surface area contributed by atoms with Gasteiger partial charge < -0.3 is 0 Å². The van der Waals surface area contributed by atoms with Crippen molar-refractivity contribution in [2.75, 3.05) is 6.54 Å². The van der Waals surface area contributed by atoms with E-state index in [1.165, 1.54) is 6.42 Å². The fraction of sp³-hybridized carbons (Fsp3) is 0.667. The molecule has 1 rings (SSSR count). The first-order valence-electron chi connectivity index (χ1n) is 1.74. The Balaban J connectivity index is 2.64. The number of nitrogens with zero attached hydrogens (tertiary/aromatic N) is 1. The summed E-state index contributed by atoms with van der Waals surface area (Å²) in [5.41, 5.74) is 0. The Hall–Kier alpha value is 0.488. The number of hydrogen-bond donors (Lipinski definition) is 0. The van der Waals surface area contributed by atoms with Crippen molar-refractivity contribution in [1.82, 2.24) is 0 Å². The monoisotopic (exact) mass is 177 g/mol. The first kappa shape index (κ1) is 3.67. The summed E-state index contributed by atoms with van der Waals surface area (Å²) in [5, 5.41) is 0. The summed E-state index contributed by atoms with van der Waals surface area (Å²) in [6.07, 6.45) is 1.28. The van der Waals surface area contributed by atoms with Crippen molar-refractivity contribution in [3.8, 4) is 0 Å². The van der Waals surface area contributed by atoms with Gasteiger partial charge in [-0.25, -0.2) is 0 Å². The molecule has 0 amide bonds. The minimum absolute atomic E-state index is 0.171. The molecule has 0 aliphatic carbocycles. The normalized spacial score (nSPS) is 19.2. The van der Waals surface area contributed by atoms with Crippen LogP contribution in [0.1, 0.15) is 6.42 Å². The molecule has 0 saturated carbocycles. The summed E-state index contributed by atoms with van der Waals surface area (Å²) in [6.45, 7) is 1.14. The summed E-state index contributed by atoms with van der Waals surface area (Å²) >= 11 is -0.171. The van der Waals surface area contributed by atoms with Gasteiger partial charge in [-0.1, -0.05) is 0 Å². The van der Waals surface area contributed by atoms with Gasteiger partial charge in [-0.2, -0.15) is 0 Å². The van der Waals surface area contributed by atoms with Crippen molar-refractivity contribution >= 4 is 24.9 Å². The van der Waals surface area contributed by atoms with E-state index in [-0.39, 0.29) is 21.0 Å². The second kappa shape index (κ2) is 1.81. The van der Waals surface area contributed by atoms with Crippen LogP contribution in [-0.4, -0.2) is 31.5 Å². The van der Waals surface area contributed by atoms with Gasteiger partial charge in [0.05, 0.1) is 0 Å². The van der Waals surface area contributed by atoms with E-state index in [0.29, 0.717) is 0 Å². The van der Waals surface area contributed by atoms with E-state index in [2.05, 4.69) is 7.04 Å². The number of hydrogen-bond acceptors (Lipinski definition) is 1. The molecule has 5 heavy (non-hydrogen) atoms. The zero-order valence-corrected chi connectivity index (χ0v) is 5.79. The fourth-order valence-corrected chi connectivity index (χ4v) is 2.17. The molecule has 2 heteroatoms. The van der Waals surface area contributed by atoms with Crippen LogP contribution in [0.15, 0.2) is 3.09 Å². The predicted molar refractivity (Wildman–Crippen MR) is 25.1 cm³/mol. The first-order valence-corrected chi connectivity index (χ1v) is 4.66. The van der Waals surface area contributed by atoms with E-state index >= 15 is 0 Å². The molecule has 0 atom stereocenters. The Morgan fingerprint density at radius 2 is 2.80 bits per heavy atom. The Labute approximate surface area is 41.3 Å². The quantitative estimate of drug-likeness (QED) is 0.456. The molecule has 0 aromatic rings. The average Bonchev–Trinajstić information content (AvgIpc) is 1.76. The van der Waals surface area contributed by atoms with Crippen LogP contribution in [0.4, 0.5) is 0 Å². The van der Waals surface area contributed by atoms with E-state index in [1.54, 1.807) is 0 Å². The van der Waals surface area contributed by atoms with Crippen LogP contribution >= 0.6 is 0 Å². The molecule has 1 aliphatic heterocycles. The van der Waals surface area contributed by atoms with Crippen LogP contribution in [0.2, 0.25) is 0 Å². The molecular formula is C3H6NSb. The third-order valence-corrected chi connectivity index (χ3v) is 3.07. The molecule has 1 aliphatic rings. The first-order chi connectivity index (χ1) is 2.50. The summed E-state index contributed by atoms with van der Waals surface area (Å²) in [5.74, 6) is 0. The van der Waals surface area contributed by atoms with Crippen LogP contribution in [0.3, 0.4) is 0 Å². The zero-order valence-electron chi connectivity index (χ0n) is 2.94. The van der Waals surface area contributed by atoms with Crippen molar-refractivity contribution in [1.29, 1.82) is 0 Å². The van der Waals surface area contributed by atoms with Crippen molar-refractivity contribution in [3.63, 3.8) is 0 Å². The molecule has 1 heterocycles. The Morgan fingerprint density at radius 1 is 1.80 bits per heavy atom. The molecular weight excluding hydrogens is 172 g/mol. The molecule has 0 spiro atoms. The van der Waals surface area contributed by atoms with E-state index in [4.69, 9.17) is 0 Å². The second-order valence-electron chi connectivity index (χ2n) is 1.00. The number of rotatable bonds is 0. The Morgan fingerprint density at radius 3 is 3.00 bits per heavy atom. The van der Waals surface area contributed by atoms with Gasteiger partial charge >= 0.3 is 41.0 Å². The van der Waals surface area contributed by atoms with Crippen LogP contribution in [0.5, 0.6) is 0 Å². The molecule has 0 unspecified atom stereocenters. The van der Waals surface area contributed by atoms with E-state index in [1.807, 2.05) is 0 Å². The van der Waals surface area contributed by atoms with Crippen LogP contribution in [-0.2, 0) is 0 Å². The van der Waals surface area contributed by atoms with E-state index in [9.17, 15) is 0 Å². The molecule has 1 nitrogen and oxygen atoms in total. The standard InChI is InChI=1S/C3H5N.Sb.H/c1-2-3-4;;/h1H,2-3H2;;. The molecule has 0 aromatic heterocycles. The third kappa shape index (κ3) is 0.923. The van der Waals surface area contributed by atoms with E-state index < -0.39 is 0 Å². The summed E-state index contributed by atoms with van der Waals surface area (Å²) < 4.78 is 6.56. The van der Waals surface area contributed by atoms with Gasteiger partial charge in [-0.3, -0.25) is 0 Å². The molecule has 0 fully saturated rings. The van der Waals surface area contributed by atoms with Crippen molar-refractivity contribution in [2.24, 2.45) is 3.09 Å². The topological polar surface area (TPSA) is 12.4 Å². The van der Waals surface area contributed by atoms with Gasteiger partial charge in [-0.15, -0.1) is 0 Å². The van der Waals surface area contributed by atoms with Gasteiger partial charge in [-0.05, 0) is 0 Å². The predicted octanol–water partition coefficient (Wildman–Crippen LogP) is -0.188. The maximum absolute atomic E-state index is 4.20. The molecule has 28 valence electrons. The van der Waals surface area contributed by atoms with Gasteiger partial charge in [0.25, 0.3) is 0 Å². The van der Waals surface area contributed by atoms with Crippen molar-refractivity contribution in [3.05, 3.63) is 0 Å². The molecule has 0 aromatic carbocycles. The van der Waals surface area contributed by atoms with Gasteiger partial charge in [0, 0.05) is 0 Å². The van der Waals surface area contributed by atoms with Crippen LogP contribution < -0.4 is 0 Å². The van der Waals surface area contributed by atoms with E-state index in [0.717, 1.165) is 6.54 Å². The SMILES string of the molecule is [CH]1=[SbH]=[N]CC1. The van der Waals surface area contributed by atoms with Crippen molar-refractivity contribution < 1.29 is 0 Å². The maximum atomic E-state index is 4.20. The molecule has 0 N–H and O–H groups in total. The van der Waals surface area contributed by atoms with Gasteiger partial charge in [0.2, 0.25) is 0 Å². The Kier molecular flexibility index (Phi) is 1.33. The van der Waals surface area contributed by atoms with Crippen molar-refractivity contribution in [2.45, 2.75) is 6.42 Å². The molecule has 0 bridgehead atoms. The second-order valence-corrected chi connectivity index (χ2v) is 3.81. The summed E-state index contributed by atoms with van der Waals surface area (Å²) in [6, 6.07) is 0.